The van der Waals surface area contributed by atoms with Crippen LogP contribution >= 0.6 is 0 Å². The molecule has 0 bridgehead atoms. The summed E-state index contributed by atoms with van der Waals surface area (Å²) in [7, 11) is 1.31. The summed E-state index contributed by atoms with van der Waals surface area (Å²) < 4.78 is 23.8. The van der Waals surface area contributed by atoms with E-state index in [1.54, 1.807) is 0 Å². The lowest BCUT2D eigenvalue weighted by molar-refractivity contribution is 0.0690. The highest BCUT2D eigenvalue weighted by molar-refractivity contribution is 5.91. The van der Waals surface area contributed by atoms with E-state index in [1.807, 2.05) is 13.8 Å². The van der Waals surface area contributed by atoms with Crippen LogP contribution in [0.2, 0.25) is 0 Å². The second-order valence-electron chi connectivity index (χ2n) is 3.97. The average Bonchev–Trinajstić information content (AvgIpc) is 2.26. The predicted octanol–water partition coefficient (Wildman–Crippen LogP) is 2.57. The molecular weight excluding hydrogens is 227 g/mol. The lowest BCUT2D eigenvalue weighted by Crippen LogP contribution is -2.10. The van der Waals surface area contributed by atoms with Crippen molar-refractivity contribution in [3.05, 3.63) is 23.5 Å². The normalized spacial score (nSPS) is 10.4. The molecule has 0 atom stereocenters. The van der Waals surface area contributed by atoms with Gasteiger partial charge in [0.15, 0.2) is 11.5 Å². The van der Waals surface area contributed by atoms with E-state index in [0.29, 0.717) is 0 Å². The molecule has 0 aromatic heterocycles. The number of halogens is 1. The van der Waals surface area contributed by atoms with Crippen LogP contribution in [0.5, 0.6) is 11.5 Å². The fourth-order valence-electron chi connectivity index (χ4n) is 1.26. The molecule has 0 saturated heterocycles. The topological polar surface area (TPSA) is 55.8 Å². The fourth-order valence-corrected chi connectivity index (χ4v) is 1.26. The lowest BCUT2D eigenvalue weighted by Gasteiger charge is -2.13. The van der Waals surface area contributed by atoms with Gasteiger partial charge in [-0.15, -0.1) is 0 Å². The molecule has 0 aliphatic heterocycles. The van der Waals surface area contributed by atoms with Crippen LogP contribution in [-0.2, 0) is 0 Å². The van der Waals surface area contributed by atoms with Crippen LogP contribution in [0.3, 0.4) is 0 Å². The Bertz CT molecular complexity index is 415. The molecule has 0 fully saturated rings. The number of carbonyl (C=O) groups is 1. The van der Waals surface area contributed by atoms with Gasteiger partial charge in [-0.25, -0.2) is 4.79 Å². The number of hydrogen-bond acceptors (Lipinski definition) is 3. The summed E-state index contributed by atoms with van der Waals surface area (Å²) in [6.45, 7) is 4.02. The summed E-state index contributed by atoms with van der Waals surface area (Å²) >= 11 is 0. The number of hydrogen-bond donors (Lipinski definition) is 1. The molecule has 0 spiro atoms. The molecule has 0 heterocycles. The van der Waals surface area contributed by atoms with Gasteiger partial charge in [-0.2, -0.15) is 4.39 Å². The van der Waals surface area contributed by atoms with Crippen LogP contribution < -0.4 is 9.47 Å². The van der Waals surface area contributed by atoms with Crippen molar-refractivity contribution in [1.29, 1.82) is 0 Å². The number of aromatic carboxylic acids is 1. The van der Waals surface area contributed by atoms with E-state index < -0.39 is 11.8 Å². The first-order chi connectivity index (χ1) is 7.97. The summed E-state index contributed by atoms with van der Waals surface area (Å²) in [4.78, 5) is 10.9. The molecule has 0 unspecified atom stereocenters. The Morgan fingerprint density at radius 1 is 1.47 bits per heavy atom. The molecule has 0 aliphatic rings. The molecule has 1 N–H and O–H groups in total. The third-order valence-electron chi connectivity index (χ3n) is 2.07. The van der Waals surface area contributed by atoms with Gasteiger partial charge in [0.1, 0.15) is 5.56 Å². The van der Waals surface area contributed by atoms with E-state index in [1.165, 1.54) is 19.2 Å². The quantitative estimate of drug-likeness (QED) is 0.862. The maximum atomic E-state index is 13.8. The van der Waals surface area contributed by atoms with Crippen molar-refractivity contribution >= 4 is 5.97 Å². The minimum absolute atomic E-state index is 0.0336. The Morgan fingerprint density at radius 2 is 2.12 bits per heavy atom. The molecule has 94 valence electrons. The van der Waals surface area contributed by atoms with Crippen LogP contribution in [0.1, 0.15) is 24.2 Å². The van der Waals surface area contributed by atoms with Gasteiger partial charge in [-0.3, -0.25) is 0 Å². The van der Waals surface area contributed by atoms with Crippen LogP contribution in [0, 0.1) is 11.7 Å². The summed E-state index contributed by atoms with van der Waals surface area (Å²) in [5.74, 6) is -2.15. The van der Waals surface area contributed by atoms with Crippen LogP contribution in [0.4, 0.5) is 4.39 Å². The Morgan fingerprint density at radius 3 is 2.59 bits per heavy atom. The monoisotopic (exact) mass is 242 g/mol. The zero-order valence-electron chi connectivity index (χ0n) is 9.99. The number of benzene rings is 1. The third-order valence-corrected chi connectivity index (χ3v) is 2.07. The highest BCUT2D eigenvalue weighted by atomic mass is 19.1. The van der Waals surface area contributed by atoms with Gasteiger partial charge in [0, 0.05) is 0 Å². The van der Waals surface area contributed by atoms with Crippen LogP contribution in [0.15, 0.2) is 12.1 Å². The van der Waals surface area contributed by atoms with Gasteiger partial charge in [0.2, 0.25) is 5.82 Å². The molecule has 5 heteroatoms. The molecule has 0 saturated carbocycles. The largest absolute Gasteiger partial charge is 0.494 e. The maximum Gasteiger partial charge on any atom is 0.339 e. The van der Waals surface area contributed by atoms with Crippen LogP contribution in [-0.4, -0.2) is 24.8 Å². The number of carboxylic acid groups (broad SMARTS) is 1. The van der Waals surface area contributed by atoms with Gasteiger partial charge >= 0.3 is 5.97 Å². The summed E-state index contributed by atoms with van der Waals surface area (Å²) in [5, 5.41) is 8.93. The van der Waals surface area contributed by atoms with Gasteiger partial charge in [-0.1, -0.05) is 13.8 Å². The van der Waals surface area contributed by atoms with Gasteiger partial charge in [0.25, 0.3) is 0 Å². The zero-order chi connectivity index (χ0) is 13.0. The van der Waals surface area contributed by atoms with Crippen molar-refractivity contribution in [3.63, 3.8) is 0 Å². The standard InChI is InChI=1S/C12H15FO4/c1-7(2)6-17-11-8(12(14)15)4-5-9(16-3)10(11)13/h4-5,7H,6H2,1-3H3,(H,14,15). The first kappa shape index (κ1) is 13.3. The van der Waals surface area contributed by atoms with Crippen molar-refractivity contribution in [1.82, 2.24) is 0 Å². The SMILES string of the molecule is COc1ccc(C(=O)O)c(OCC(C)C)c1F. The van der Waals surface area contributed by atoms with Gasteiger partial charge in [0.05, 0.1) is 13.7 Å². The summed E-state index contributed by atoms with van der Waals surface area (Å²) in [6.07, 6.45) is 0. The van der Waals surface area contributed by atoms with E-state index in [4.69, 9.17) is 14.6 Å². The van der Waals surface area contributed by atoms with E-state index >= 15 is 0 Å². The summed E-state index contributed by atoms with van der Waals surface area (Å²) in [6, 6.07) is 2.53. The summed E-state index contributed by atoms with van der Waals surface area (Å²) in [5.41, 5.74) is -0.205. The van der Waals surface area contributed by atoms with Crippen molar-refractivity contribution in [2.45, 2.75) is 13.8 Å². The second kappa shape index (κ2) is 5.52. The first-order valence-electron chi connectivity index (χ1n) is 5.20. The molecule has 17 heavy (non-hydrogen) atoms. The molecule has 1 aromatic carbocycles. The van der Waals surface area contributed by atoms with Crippen molar-refractivity contribution in [3.8, 4) is 11.5 Å². The van der Waals surface area contributed by atoms with E-state index in [2.05, 4.69) is 0 Å². The number of carboxylic acids is 1. The molecule has 1 aromatic rings. The van der Waals surface area contributed by atoms with E-state index in [0.717, 1.165) is 0 Å². The first-order valence-corrected chi connectivity index (χ1v) is 5.20. The van der Waals surface area contributed by atoms with Gasteiger partial charge in [-0.05, 0) is 18.1 Å². The van der Waals surface area contributed by atoms with E-state index in [-0.39, 0.29) is 29.6 Å². The molecular formula is C12H15FO4. The highest BCUT2D eigenvalue weighted by Crippen LogP contribution is 2.30. The Hall–Kier alpha value is -1.78. The Kier molecular flexibility index (Phi) is 4.31. The minimum Gasteiger partial charge on any atom is -0.494 e. The molecule has 4 nitrogen and oxygen atoms in total. The fraction of sp³-hybridized carbons (Fsp3) is 0.417. The predicted molar refractivity (Wildman–Crippen MR) is 60.2 cm³/mol. The van der Waals surface area contributed by atoms with Crippen molar-refractivity contribution < 1.29 is 23.8 Å². The van der Waals surface area contributed by atoms with E-state index in [9.17, 15) is 9.18 Å². The zero-order valence-corrected chi connectivity index (χ0v) is 9.99. The third kappa shape index (κ3) is 3.09. The average molecular weight is 242 g/mol. The molecule has 0 amide bonds. The lowest BCUT2D eigenvalue weighted by atomic mass is 10.1. The smallest absolute Gasteiger partial charge is 0.339 e. The number of methoxy groups -OCH3 is 1. The highest BCUT2D eigenvalue weighted by Gasteiger charge is 2.20. The van der Waals surface area contributed by atoms with Gasteiger partial charge < -0.3 is 14.6 Å². The Labute approximate surface area is 99.0 Å². The number of ether oxygens (including phenoxy) is 2. The number of rotatable bonds is 5. The second-order valence-corrected chi connectivity index (χ2v) is 3.97. The Balaban J connectivity index is 3.15. The van der Waals surface area contributed by atoms with Crippen LogP contribution in [0.25, 0.3) is 0 Å². The molecule has 1 rings (SSSR count). The molecule has 0 radical (unpaired) electrons. The van der Waals surface area contributed by atoms with Crippen molar-refractivity contribution in [2.75, 3.05) is 13.7 Å². The van der Waals surface area contributed by atoms with Crippen molar-refractivity contribution in [2.24, 2.45) is 5.92 Å². The minimum atomic E-state index is -1.23. The molecule has 0 aliphatic carbocycles. The maximum absolute atomic E-state index is 13.8.